The molecule has 0 spiro atoms. The zero-order valence-corrected chi connectivity index (χ0v) is 13.1. The summed E-state index contributed by atoms with van der Waals surface area (Å²) in [6.45, 7) is 4.19. The van der Waals surface area contributed by atoms with E-state index < -0.39 is 0 Å². The van der Waals surface area contributed by atoms with Gasteiger partial charge in [0.2, 0.25) is 5.28 Å². The second kappa shape index (κ2) is 4.83. The van der Waals surface area contributed by atoms with E-state index in [1.807, 2.05) is 0 Å². The molecular weight excluding hydrogens is 292 g/mol. The summed E-state index contributed by atoms with van der Waals surface area (Å²) in [5.41, 5.74) is 1.48. The lowest BCUT2D eigenvalue weighted by Gasteiger charge is -2.33. The molecule has 106 valence electrons. The van der Waals surface area contributed by atoms with Crippen LogP contribution in [0.15, 0.2) is 0 Å². The maximum absolute atomic E-state index is 6.14. The molecule has 4 rings (SSSR count). The molecule has 0 unspecified atom stereocenters. The Morgan fingerprint density at radius 2 is 1.90 bits per heavy atom. The summed E-state index contributed by atoms with van der Waals surface area (Å²) < 4.78 is 0. The van der Waals surface area contributed by atoms with E-state index in [0.29, 0.717) is 5.28 Å². The van der Waals surface area contributed by atoms with Crippen molar-refractivity contribution < 1.29 is 0 Å². The summed E-state index contributed by atoms with van der Waals surface area (Å²) in [5.74, 6) is 1.06. The molecule has 0 bridgehead atoms. The molecule has 4 nitrogen and oxygen atoms in total. The van der Waals surface area contributed by atoms with Gasteiger partial charge >= 0.3 is 0 Å². The van der Waals surface area contributed by atoms with Gasteiger partial charge in [-0.2, -0.15) is 4.98 Å². The van der Waals surface area contributed by atoms with Gasteiger partial charge in [0.1, 0.15) is 10.6 Å². The van der Waals surface area contributed by atoms with Gasteiger partial charge in [-0.25, -0.2) is 4.98 Å². The Labute approximate surface area is 127 Å². The van der Waals surface area contributed by atoms with Crippen LogP contribution in [0.25, 0.3) is 10.2 Å². The van der Waals surface area contributed by atoms with Gasteiger partial charge < -0.3 is 9.80 Å². The molecule has 3 heterocycles. The maximum Gasteiger partial charge on any atom is 0.225 e. The number of likely N-dealkylation sites (N-methyl/N-ethyl adjacent to an activating group) is 1. The molecule has 1 aliphatic heterocycles. The quantitative estimate of drug-likeness (QED) is 0.758. The summed E-state index contributed by atoms with van der Waals surface area (Å²) in [6, 6.07) is 0. The van der Waals surface area contributed by atoms with Crippen molar-refractivity contribution in [2.75, 3.05) is 38.1 Å². The van der Waals surface area contributed by atoms with Crippen molar-refractivity contribution in [2.24, 2.45) is 0 Å². The molecule has 0 N–H and O–H groups in total. The number of nitrogens with zero attached hydrogens (tertiary/aromatic N) is 4. The van der Waals surface area contributed by atoms with Crippen LogP contribution in [0.1, 0.15) is 16.9 Å². The molecule has 1 saturated heterocycles. The largest absolute Gasteiger partial charge is 0.353 e. The third-order valence-electron chi connectivity index (χ3n) is 4.32. The monoisotopic (exact) mass is 308 g/mol. The lowest BCUT2D eigenvalue weighted by Crippen LogP contribution is -2.45. The first-order valence-corrected chi connectivity index (χ1v) is 8.33. The summed E-state index contributed by atoms with van der Waals surface area (Å²) in [5, 5.41) is 1.66. The first kappa shape index (κ1) is 12.8. The van der Waals surface area contributed by atoms with E-state index in [0.717, 1.165) is 36.8 Å². The third-order valence-corrected chi connectivity index (χ3v) is 5.68. The van der Waals surface area contributed by atoms with E-state index in [9.17, 15) is 0 Å². The lowest BCUT2D eigenvalue weighted by atomic mass is 10.1. The molecule has 0 aromatic carbocycles. The fourth-order valence-electron chi connectivity index (χ4n) is 3.20. The number of halogens is 1. The zero-order chi connectivity index (χ0) is 13.7. The standard InChI is InChI=1S/C14H17ClN4S/c1-18-5-7-19(8-6-18)12-11-9-3-2-4-10(9)20-13(11)17-14(15)16-12/h2-8H2,1H3. The van der Waals surface area contributed by atoms with Crippen LogP contribution >= 0.6 is 22.9 Å². The lowest BCUT2D eigenvalue weighted by molar-refractivity contribution is 0.312. The molecule has 0 radical (unpaired) electrons. The SMILES string of the molecule is CN1CCN(c2nc(Cl)nc3sc4c(c23)CCC4)CC1. The molecule has 6 heteroatoms. The van der Waals surface area contributed by atoms with E-state index in [-0.39, 0.29) is 0 Å². The summed E-state index contributed by atoms with van der Waals surface area (Å²) in [7, 11) is 2.17. The van der Waals surface area contributed by atoms with Crippen molar-refractivity contribution in [3.63, 3.8) is 0 Å². The average Bonchev–Trinajstić information content (AvgIpc) is 2.98. The molecule has 0 amide bonds. The van der Waals surface area contributed by atoms with Gasteiger partial charge in [-0.05, 0) is 43.5 Å². The highest BCUT2D eigenvalue weighted by atomic mass is 35.5. The van der Waals surface area contributed by atoms with Gasteiger partial charge in [0.15, 0.2) is 0 Å². The van der Waals surface area contributed by atoms with E-state index in [2.05, 4.69) is 26.8 Å². The Morgan fingerprint density at radius 1 is 1.10 bits per heavy atom. The molecule has 0 atom stereocenters. The van der Waals surface area contributed by atoms with Crippen LogP contribution in [-0.4, -0.2) is 48.1 Å². The van der Waals surface area contributed by atoms with Crippen LogP contribution in [0.5, 0.6) is 0 Å². The molecule has 2 aromatic heterocycles. The van der Waals surface area contributed by atoms with E-state index in [1.165, 1.54) is 35.1 Å². The number of hydrogen-bond donors (Lipinski definition) is 0. The molecule has 2 aliphatic rings. The fraction of sp³-hybridized carbons (Fsp3) is 0.571. The highest BCUT2D eigenvalue weighted by Crippen LogP contribution is 2.41. The maximum atomic E-state index is 6.14. The Morgan fingerprint density at radius 3 is 2.70 bits per heavy atom. The van der Waals surface area contributed by atoms with Crippen molar-refractivity contribution >= 4 is 39.0 Å². The number of thiophene rings is 1. The minimum absolute atomic E-state index is 0.381. The van der Waals surface area contributed by atoms with Gasteiger partial charge in [-0.15, -0.1) is 11.3 Å². The van der Waals surface area contributed by atoms with Crippen molar-refractivity contribution in [3.05, 3.63) is 15.7 Å². The Kier molecular flexibility index (Phi) is 3.09. The van der Waals surface area contributed by atoms with Gasteiger partial charge in [-0.3, -0.25) is 0 Å². The number of aryl methyl sites for hydroxylation is 2. The minimum Gasteiger partial charge on any atom is -0.353 e. The second-order valence-electron chi connectivity index (χ2n) is 5.64. The third kappa shape index (κ3) is 2.00. The molecule has 0 saturated carbocycles. The Balaban J connectivity index is 1.85. The second-order valence-corrected chi connectivity index (χ2v) is 7.07. The van der Waals surface area contributed by atoms with Crippen molar-refractivity contribution in [1.82, 2.24) is 14.9 Å². The summed E-state index contributed by atoms with van der Waals surface area (Å²) in [4.78, 5) is 16.3. The number of aromatic nitrogens is 2. The predicted molar refractivity (Wildman–Crippen MR) is 84.2 cm³/mol. The van der Waals surface area contributed by atoms with Gasteiger partial charge in [0, 0.05) is 31.1 Å². The van der Waals surface area contributed by atoms with Crippen LogP contribution in [0.4, 0.5) is 5.82 Å². The van der Waals surface area contributed by atoms with Crippen LogP contribution in [0.2, 0.25) is 5.28 Å². The summed E-state index contributed by atoms with van der Waals surface area (Å²) >= 11 is 7.95. The van der Waals surface area contributed by atoms with Crippen LogP contribution < -0.4 is 4.90 Å². The van der Waals surface area contributed by atoms with Gasteiger partial charge in [0.25, 0.3) is 0 Å². The summed E-state index contributed by atoms with van der Waals surface area (Å²) in [6.07, 6.45) is 3.62. The Hall–Kier alpha value is -0.910. The number of anilines is 1. The van der Waals surface area contributed by atoms with Crippen LogP contribution in [0.3, 0.4) is 0 Å². The van der Waals surface area contributed by atoms with Crippen LogP contribution in [0, 0.1) is 0 Å². The van der Waals surface area contributed by atoms with Crippen molar-refractivity contribution in [2.45, 2.75) is 19.3 Å². The number of fused-ring (bicyclic) bond motifs is 3. The Bertz CT molecular complexity index is 661. The molecule has 2 aromatic rings. The number of hydrogen-bond acceptors (Lipinski definition) is 5. The van der Waals surface area contributed by atoms with Crippen molar-refractivity contribution in [3.8, 4) is 0 Å². The minimum atomic E-state index is 0.381. The smallest absolute Gasteiger partial charge is 0.225 e. The average molecular weight is 309 g/mol. The number of piperazine rings is 1. The molecule has 20 heavy (non-hydrogen) atoms. The predicted octanol–water partition coefficient (Wildman–Crippen LogP) is 2.59. The van der Waals surface area contributed by atoms with E-state index in [4.69, 9.17) is 11.6 Å². The molecule has 1 aliphatic carbocycles. The normalized spacial score (nSPS) is 19.8. The highest BCUT2D eigenvalue weighted by molar-refractivity contribution is 7.19. The topological polar surface area (TPSA) is 32.3 Å². The number of rotatable bonds is 1. The molecule has 1 fully saturated rings. The highest BCUT2D eigenvalue weighted by Gasteiger charge is 2.25. The first-order valence-electron chi connectivity index (χ1n) is 7.13. The van der Waals surface area contributed by atoms with Crippen molar-refractivity contribution in [1.29, 1.82) is 0 Å². The first-order chi connectivity index (χ1) is 9.72. The fourth-order valence-corrected chi connectivity index (χ4v) is 4.67. The zero-order valence-electron chi connectivity index (χ0n) is 11.5. The molecular formula is C14H17ClN4S. The van der Waals surface area contributed by atoms with E-state index in [1.54, 1.807) is 11.3 Å². The van der Waals surface area contributed by atoms with Crippen LogP contribution in [-0.2, 0) is 12.8 Å². The van der Waals surface area contributed by atoms with E-state index >= 15 is 0 Å². The van der Waals surface area contributed by atoms with Gasteiger partial charge in [0.05, 0.1) is 5.39 Å². The van der Waals surface area contributed by atoms with Gasteiger partial charge in [-0.1, -0.05) is 0 Å².